The second kappa shape index (κ2) is 8.22. The normalized spacial score (nSPS) is 13.5. The lowest BCUT2D eigenvalue weighted by atomic mass is 9.95. The predicted molar refractivity (Wildman–Crippen MR) is 105 cm³/mol. The number of phenols is 2. The number of carbonyl (C=O) groups excluding carboxylic acids is 1. The van der Waals surface area contributed by atoms with Gasteiger partial charge in [0.2, 0.25) is 0 Å². The lowest BCUT2D eigenvalue weighted by Crippen LogP contribution is -2.43. The highest BCUT2D eigenvalue weighted by molar-refractivity contribution is 5.88. The van der Waals surface area contributed by atoms with E-state index in [2.05, 4.69) is 10.3 Å². The largest absolute Gasteiger partial charge is 0.507 e. The number of hydrogen-bond donors (Lipinski definition) is 4. The number of pyridine rings is 1. The van der Waals surface area contributed by atoms with Gasteiger partial charge in [0.25, 0.3) is 5.91 Å². The van der Waals surface area contributed by atoms with E-state index in [9.17, 15) is 20.1 Å². The van der Waals surface area contributed by atoms with E-state index in [1.165, 1.54) is 19.1 Å². The molecule has 0 bridgehead atoms. The zero-order chi connectivity index (χ0) is 20.2. The molecule has 0 saturated carbocycles. The van der Waals surface area contributed by atoms with Gasteiger partial charge in [-0.3, -0.25) is 9.78 Å². The highest BCUT2D eigenvalue weighted by atomic mass is 16.3. The van der Waals surface area contributed by atoms with E-state index in [4.69, 9.17) is 0 Å². The smallest absolute Gasteiger partial charge is 0.255 e. The van der Waals surface area contributed by atoms with Crippen molar-refractivity contribution in [3.63, 3.8) is 0 Å². The van der Waals surface area contributed by atoms with Crippen LogP contribution in [0.4, 0.5) is 0 Å². The zero-order valence-electron chi connectivity index (χ0n) is 16.1. The van der Waals surface area contributed by atoms with Crippen LogP contribution in [0.2, 0.25) is 0 Å². The molecule has 0 saturated heterocycles. The highest BCUT2D eigenvalue weighted by Gasteiger charge is 2.27. The molecule has 1 heterocycles. The van der Waals surface area contributed by atoms with Gasteiger partial charge in [0, 0.05) is 36.0 Å². The molecule has 1 unspecified atom stereocenters. The number of carbonyl (C=O) groups is 1. The van der Waals surface area contributed by atoms with Crippen LogP contribution in [0, 0.1) is 20.8 Å². The van der Waals surface area contributed by atoms with Crippen LogP contribution in [0.1, 0.15) is 34.9 Å². The lowest BCUT2D eigenvalue weighted by Gasteiger charge is -2.19. The number of nitrogens with one attached hydrogen (secondary N) is 1. The molecule has 27 heavy (non-hydrogen) atoms. The molecule has 0 fully saturated rings. The number of aromatic hydroxyl groups is 2. The van der Waals surface area contributed by atoms with Crippen molar-refractivity contribution >= 4 is 12.0 Å². The lowest BCUT2D eigenvalue weighted by molar-refractivity contribution is -0.133. The Kier molecular flexibility index (Phi) is 6.23. The number of aliphatic hydroxyl groups is 1. The van der Waals surface area contributed by atoms with E-state index < -0.39 is 11.5 Å². The van der Waals surface area contributed by atoms with Gasteiger partial charge in [-0.2, -0.15) is 0 Å². The molecular formula is C21H26N2O4. The average molecular weight is 370 g/mol. The Balaban J connectivity index is 2.10. The van der Waals surface area contributed by atoms with E-state index in [0.717, 1.165) is 5.69 Å². The number of nitrogens with zero attached hydrogens (tertiary/aromatic N) is 1. The summed E-state index contributed by atoms with van der Waals surface area (Å²) in [6.45, 7) is 6.80. The summed E-state index contributed by atoms with van der Waals surface area (Å²) in [5, 5.41) is 33.6. The van der Waals surface area contributed by atoms with Crippen LogP contribution >= 0.6 is 0 Å². The fourth-order valence-corrected chi connectivity index (χ4v) is 2.70. The fourth-order valence-electron chi connectivity index (χ4n) is 2.70. The first kappa shape index (κ1) is 20.5. The zero-order valence-corrected chi connectivity index (χ0v) is 16.1. The standard InChI is InChI=1S/C21H26N2O4/c1-13-14(2)19(25)17(15(3)18(13)24)8-10-21(4,27)20(26)23-12-9-16-7-5-6-11-22-16/h5-8,10-11,24-25,27H,9,12H2,1-4H3,(H,23,26). The van der Waals surface area contributed by atoms with Crippen molar-refractivity contribution in [3.8, 4) is 11.5 Å². The molecule has 144 valence electrons. The number of hydrogen-bond acceptors (Lipinski definition) is 5. The SMILES string of the molecule is Cc1c(C)c(O)c(C=CC(C)(O)C(=O)NCCc2ccccn2)c(C)c1O. The van der Waals surface area contributed by atoms with Crippen LogP contribution in [0.15, 0.2) is 30.5 Å². The summed E-state index contributed by atoms with van der Waals surface area (Å²) in [5.74, 6) is -0.449. The van der Waals surface area contributed by atoms with E-state index >= 15 is 0 Å². The molecule has 1 amide bonds. The number of amides is 1. The Morgan fingerprint density at radius 2 is 1.81 bits per heavy atom. The molecule has 0 radical (unpaired) electrons. The molecule has 1 atom stereocenters. The first-order valence-corrected chi connectivity index (χ1v) is 8.76. The third-order valence-corrected chi connectivity index (χ3v) is 4.71. The average Bonchev–Trinajstić information content (AvgIpc) is 2.65. The van der Waals surface area contributed by atoms with Crippen LogP contribution in [-0.2, 0) is 11.2 Å². The molecule has 0 spiro atoms. The number of benzene rings is 1. The molecule has 6 nitrogen and oxygen atoms in total. The summed E-state index contributed by atoms with van der Waals surface area (Å²) in [6, 6.07) is 5.55. The summed E-state index contributed by atoms with van der Waals surface area (Å²) in [6.07, 6.45) is 5.00. The molecule has 4 N–H and O–H groups in total. The summed E-state index contributed by atoms with van der Waals surface area (Å²) in [4.78, 5) is 16.5. The predicted octanol–water partition coefficient (Wildman–Crippen LogP) is 2.54. The van der Waals surface area contributed by atoms with Crippen LogP contribution in [0.25, 0.3) is 6.08 Å². The minimum Gasteiger partial charge on any atom is -0.507 e. The van der Waals surface area contributed by atoms with Crippen molar-refractivity contribution in [2.75, 3.05) is 6.54 Å². The molecule has 6 heteroatoms. The van der Waals surface area contributed by atoms with Gasteiger partial charge in [0.15, 0.2) is 5.60 Å². The van der Waals surface area contributed by atoms with E-state index in [1.807, 2.05) is 18.2 Å². The first-order valence-electron chi connectivity index (χ1n) is 8.76. The number of aromatic nitrogens is 1. The Morgan fingerprint density at radius 1 is 1.15 bits per heavy atom. The van der Waals surface area contributed by atoms with Crippen LogP contribution in [0.5, 0.6) is 11.5 Å². The van der Waals surface area contributed by atoms with Crippen molar-refractivity contribution in [3.05, 3.63) is 58.4 Å². The second-order valence-corrected chi connectivity index (χ2v) is 6.79. The monoisotopic (exact) mass is 370 g/mol. The van der Waals surface area contributed by atoms with Gasteiger partial charge in [0.1, 0.15) is 11.5 Å². The van der Waals surface area contributed by atoms with Gasteiger partial charge in [-0.25, -0.2) is 0 Å². The number of rotatable bonds is 6. The topological polar surface area (TPSA) is 103 Å². The van der Waals surface area contributed by atoms with E-state index in [1.54, 1.807) is 27.0 Å². The molecule has 0 aliphatic heterocycles. The van der Waals surface area contributed by atoms with Crippen LogP contribution in [-0.4, -0.2) is 38.4 Å². The number of phenolic OH excluding ortho intramolecular Hbond substituents is 2. The summed E-state index contributed by atoms with van der Waals surface area (Å²) < 4.78 is 0. The van der Waals surface area contributed by atoms with Crippen molar-refractivity contribution < 1.29 is 20.1 Å². The summed E-state index contributed by atoms with van der Waals surface area (Å²) in [7, 11) is 0. The molecule has 1 aromatic heterocycles. The molecule has 0 aliphatic carbocycles. The third kappa shape index (κ3) is 4.65. The Morgan fingerprint density at radius 3 is 2.44 bits per heavy atom. The molecule has 2 rings (SSSR count). The van der Waals surface area contributed by atoms with Gasteiger partial charge >= 0.3 is 0 Å². The maximum atomic E-state index is 12.3. The quantitative estimate of drug-likeness (QED) is 0.585. The fraction of sp³-hybridized carbons (Fsp3) is 0.333. The van der Waals surface area contributed by atoms with Gasteiger partial charge in [-0.1, -0.05) is 12.1 Å². The van der Waals surface area contributed by atoms with Gasteiger partial charge in [0.05, 0.1) is 0 Å². The maximum absolute atomic E-state index is 12.3. The molecular weight excluding hydrogens is 344 g/mol. The molecule has 2 aromatic rings. The van der Waals surface area contributed by atoms with Crippen molar-refractivity contribution in [2.45, 2.75) is 39.7 Å². The minimum absolute atomic E-state index is 0.0189. The minimum atomic E-state index is -1.77. The van der Waals surface area contributed by atoms with E-state index in [-0.39, 0.29) is 11.5 Å². The summed E-state index contributed by atoms with van der Waals surface area (Å²) >= 11 is 0. The van der Waals surface area contributed by atoms with Gasteiger partial charge in [-0.15, -0.1) is 0 Å². The third-order valence-electron chi connectivity index (χ3n) is 4.71. The van der Waals surface area contributed by atoms with E-state index in [0.29, 0.717) is 35.2 Å². The van der Waals surface area contributed by atoms with Crippen molar-refractivity contribution in [1.29, 1.82) is 0 Å². The van der Waals surface area contributed by atoms with Gasteiger partial charge < -0.3 is 20.6 Å². The second-order valence-electron chi connectivity index (χ2n) is 6.79. The van der Waals surface area contributed by atoms with Crippen LogP contribution < -0.4 is 5.32 Å². The maximum Gasteiger partial charge on any atom is 0.255 e. The Hall–Kier alpha value is -2.86. The molecule has 1 aromatic carbocycles. The van der Waals surface area contributed by atoms with Gasteiger partial charge in [-0.05, 0) is 57.0 Å². The highest BCUT2D eigenvalue weighted by Crippen LogP contribution is 2.37. The van der Waals surface area contributed by atoms with Crippen LogP contribution in [0.3, 0.4) is 0 Å². The first-order chi connectivity index (χ1) is 12.6. The van der Waals surface area contributed by atoms with Crippen molar-refractivity contribution in [2.24, 2.45) is 0 Å². The molecule has 0 aliphatic rings. The Labute approximate surface area is 159 Å². The summed E-state index contributed by atoms with van der Waals surface area (Å²) in [5.41, 5.74) is 1.09. The van der Waals surface area contributed by atoms with Crippen molar-refractivity contribution in [1.82, 2.24) is 10.3 Å². The Bertz CT molecular complexity index is 829.